The molecule has 6 nitrogen and oxygen atoms in total. The van der Waals surface area contributed by atoms with Gasteiger partial charge in [0.2, 0.25) is 0 Å². The number of hydrogen-bond acceptors (Lipinski definition) is 4. The highest BCUT2D eigenvalue weighted by Gasteiger charge is 2.11. The predicted octanol–water partition coefficient (Wildman–Crippen LogP) is 1.50. The minimum Gasteiger partial charge on any atom is -0.344 e. The summed E-state index contributed by atoms with van der Waals surface area (Å²) in [6, 6.07) is 10.5. The second-order valence-electron chi connectivity index (χ2n) is 4.26. The molecule has 0 radical (unpaired) electrons. The highest BCUT2D eigenvalue weighted by molar-refractivity contribution is 6.35. The third-order valence-corrected chi connectivity index (χ3v) is 3.03. The van der Waals surface area contributed by atoms with Crippen molar-refractivity contribution in [3.05, 3.63) is 64.9 Å². The van der Waals surface area contributed by atoms with Gasteiger partial charge in [0.1, 0.15) is 0 Å². The minimum absolute atomic E-state index is 0.239. The molecule has 1 heterocycles. The van der Waals surface area contributed by atoms with Gasteiger partial charge in [-0.25, -0.2) is 5.43 Å². The monoisotopic (exact) mass is 316 g/mol. The van der Waals surface area contributed by atoms with Crippen LogP contribution in [0.4, 0.5) is 0 Å². The molecule has 0 fully saturated rings. The first-order chi connectivity index (χ1) is 10.7. The molecule has 0 bridgehead atoms. The number of benzene rings is 1. The maximum atomic E-state index is 11.6. The Kier molecular flexibility index (Phi) is 5.62. The van der Waals surface area contributed by atoms with E-state index in [9.17, 15) is 9.59 Å². The number of hydrazone groups is 1. The number of hydrogen-bond donors (Lipinski definition) is 2. The van der Waals surface area contributed by atoms with Gasteiger partial charge in [-0.15, -0.1) is 0 Å². The molecule has 2 amide bonds. The van der Waals surface area contributed by atoms with E-state index in [0.717, 1.165) is 5.56 Å². The van der Waals surface area contributed by atoms with Crippen LogP contribution in [-0.2, 0) is 16.1 Å². The molecule has 0 saturated heterocycles. The van der Waals surface area contributed by atoms with Gasteiger partial charge in [-0.2, -0.15) is 5.10 Å². The lowest BCUT2D eigenvalue weighted by molar-refractivity contribution is -0.139. The maximum absolute atomic E-state index is 11.6. The first kappa shape index (κ1) is 15.7. The standard InChI is InChI=1S/C15H13ClN4O2/c16-13-4-2-1-3-12(13)10-19-20-15(22)14(21)18-9-11-5-7-17-8-6-11/h1-8,10H,9H2,(H,18,21)(H,20,22)/b19-10+. The number of halogens is 1. The van der Waals surface area contributed by atoms with Crippen molar-refractivity contribution in [3.63, 3.8) is 0 Å². The van der Waals surface area contributed by atoms with E-state index in [0.29, 0.717) is 10.6 Å². The van der Waals surface area contributed by atoms with Crippen molar-refractivity contribution < 1.29 is 9.59 Å². The largest absolute Gasteiger partial charge is 0.344 e. The summed E-state index contributed by atoms with van der Waals surface area (Å²) in [5, 5.41) is 6.68. The van der Waals surface area contributed by atoms with Gasteiger partial charge in [-0.3, -0.25) is 14.6 Å². The zero-order valence-corrected chi connectivity index (χ0v) is 12.2. The molecule has 0 atom stereocenters. The Labute approximate surface area is 132 Å². The van der Waals surface area contributed by atoms with Crippen LogP contribution in [0.1, 0.15) is 11.1 Å². The van der Waals surface area contributed by atoms with Crippen LogP contribution in [0.5, 0.6) is 0 Å². The molecule has 22 heavy (non-hydrogen) atoms. The lowest BCUT2D eigenvalue weighted by Crippen LogP contribution is -2.37. The highest BCUT2D eigenvalue weighted by Crippen LogP contribution is 2.11. The number of amides is 2. The zero-order chi connectivity index (χ0) is 15.8. The van der Waals surface area contributed by atoms with Crippen LogP contribution in [0.25, 0.3) is 0 Å². The van der Waals surface area contributed by atoms with E-state index in [4.69, 9.17) is 11.6 Å². The van der Waals surface area contributed by atoms with Gasteiger partial charge in [-0.05, 0) is 23.8 Å². The molecule has 7 heteroatoms. The molecule has 1 aromatic carbocycles. The third kappa shape index (κ3) is 4.68. The summed E-state index contributed by atoms with van der Waals surface area (Å²) in [5.41, 5.74) is 3.63. The second-order valence-corrected chi connectivity index (χ2v) is 4.67. The van der Waals surface area contributed by atoms with Crippen LogP contribution >= 0.6 is 11.6 Å². The van der Waals surface area contributed by atoms with Gasteiger partial charge in [0.25, 0.3) is 0 Å². The molecule has 0 aliphatic heterocycles. The predicted molar refractivity (Wildman–Crippen MR) is 83.3 cm³/mol. The quantitative estimate of drug-likeness (QED) is 0.509. The number of nitrogens with one attached hydrogen (secondary N) is 2. The second kappa shape index (κ2) is 7.90. The van der Waals surface area contributed by atoms with Crippen LogP contribution in [0, 0.1) is 0 Å². The number of carbonyl (C=O) groups is 2. The van der Waals surface area contributed by atoms with Crippen molar-refractivity contribution in [1.29, 1.82) is 0 Å². The van der Waals surface area contributed by atoms with Crippen LogP contribution < -0.4 is 10.7 Å². The zero-order valence-electron chi connectivity index (χ0n) is 11.5. The third-order valence-electron chi connectivity index (χ3n) is 2.68. The molecule has 0 spiro atoms. The van der Waals surface area contributed by atoms with Crippen molar-refractivity contribution in [2.45, 2.75) is 6.54 Å². The summed E-state index contributed by atoms with van der Waals surface area (Å²) < 4.78 is 0. The van der Waals surface area contributed by atoms with E-state index in [-0.39, 0.29) is 6.54 Å². The fraction of sp³-hybridized carbons (Fsp3) is 0.0667. The van der Waals surface area contributed by atoms with Crippen molar-refractivity contribution in [1.82, 2.24) is 15.7 Å². The van der Waals surface area contributed by atoms with Crippen LogP contribution in [0.2, 0.25) is 5.02 Å². The number of rotatable bonds is 4. The summed E-state index contributed by atoms with van der Waals surface area (Å²) in [6.07, 6.45) is 4.58. The van der Waals surface area contributed by atoms with Crippen molar-refractivity contribution in [2.24, 2.45) is 5.10 Å². The van der Waals surface area contributed by atoms with Crippen molar-refractivity contribution in [2.75, 3.05) is 0 Å². The molecule has 2 aromatic rings. The maximum Gasteiger partial charge on any atom is 0.329 e. The smallest absolute Gasteiger partial charge is 0.329 e. The molecular weight excluding hydrogens is 304 g/mol. The molecule has 0 aliphatic rings. The Morgan fingerprint density at radius 2 is 1.86 bits per heavy atom. The number of pyridine rings is 1. The van der Waals surface area contributed by atoms with Crippen LogP contribution in [0.15, 0.2) is 53.9 Å². The fourth-order valence-electron chi connectivity index (χ4n) is 1.55. The van der Waals surface area contributed by atoms with Gasteiger partial charge in [0.05, 0.1) is 6.21 Å². The summed E-state index contributed by atoms with van der Waals surface area (Å²) in [4.78, 5) is 27.0. The number of nitrogens with zero attached hydrogens (tertiary/aromatic N) is 2. The minimum atomic E-state index is -0.850. The van der Waals surface area contributed by atoms with E-state index < -0.39 is 11.8 Å². The lowest BCUT2D eigenvalue weighted by atomic mass is 10.2. The molecule has 1 aromatic heterocycles. The van der Waals surface area contributed by atoms with Crippen LogP contribution in [-0.4, -0.2) is 23.0 Å². The Morgan fingerprint density at radius 1 is 1.14 bits per heavy atom. The highest BCUT2D eigenvalue weighted by atomic mass is 35.5. The van der Waals surface area contributed by atoms with Gasteiger partial charge < -0.3 is 5.32 Å². The SMILES string of the molecule is O=C(NCc1ccncc1)C(=O)N/N=C/c1ccccc1Cl. The summed E-state index contributed by atoms with van der Waals surface area (Å²) in [6.45, 7) is 0.239. The van der Waals surface area contributed by atoms with E-state index in [1.54, 1.807) is 48.8 Å². The topological polar surface area (TPSA) is 83.5 Å². The Hall–Kier alpha value is -2.73. The summed E-state index contributed by atoms with van der Waals surface area (Å²) >= 11 is 5.93. The molecule has 2 rings (SSSR count). The molecule has 112 valence electrons. The average molecular weight is 317 g/mol. The first-order valence-corrected chi connectivity index (χ1v) is 6.79. The van der Waals surface area contributed by atoms with E-state index in [1.807, 2.05) is 0 Å². The van der Waals surface area contributed by atoms with E-state index >= 15 is 0 Å². The average Bonchev–Trinajstić information content (AvgIpc) is 2.55. The molecule has 2 N–H and O–H groups in total. The van der Waals surface area contributed by atoms with Gasteiger partial charge >= 0.3 is 11.8 Å². The molecular formula is C15H13ClN4O2. The van der Waals surface area contributed by atoms with Gasteiger partial charge in [0.15, 0.2) is 0 Å². The summed E-state index contributed by atoms with van der Waals surface area (Å²) in [7, 11) is 0. The van der Waals surface area contributed by atoms with Crippen molar-refractivity contribution in [3.8, 4) is 0 Å². The molecule has 0 aliphatic carbocycles. The number of aromatic nitrogens is 1. The van der Waals surface area contributed by atoms with E-state index in [1.165, 1.54) is 6.21 Å². The van der Waals surface area contributed by atoms with E-state index in [2.05, 4.69) is 20.8 Å². The molecule has 0 unspecified atom stereocenters. The first-order valence-electron chi connectivity index (χ1n) is 6.41. The number of carbonyl (C=O) groups excluding carboxylic acids is 2. The fourth-order valence-corrected chi connectivity index (χ4v) is 1.74. The van der Waals surface area contributed by atoms with Crippen LogP contribution in [0.3, 0.4) is 0 Å². The van der Waals surface area contributed by atoms with Gasteiger partial charge in [-0.1, -0.05) is 29.8 Å². The Bertz CT molecular complexity index is 689. The Balaban J connectivity index is 1.82. The summed E-state index contributed by atoms with van der Waals surface area (Å²) in [5.74, 6) is -1.62. The normalized spacial score (nSPS) is 10.4. The van der Waals surface area contributed by atoms with Gasteiger partial charge in [0, 0.05) is 29.5 Å². The lowest BCUT2D eigenvalue weighted by Gasteiger charge is -2.03. The Morgan fingerprint density at radius 3 is 2.59 bits per heavy atom. The van der Waals surface area contributed by atoms with Crippen molar-refractivity contribution >= 4 is 29.6 Å². The molecule has 0 saturated carbocycles.